The van der Waals surface area contributed by atoms with E-state index in [1.54, 1.807) is 6.26 Å². The van der Waals surface area contributed by atoms with Crippen molar-refractivity contribution in [1.29, 1.82) is 0 Å². The summed E-state index contributed by atoms with van der Waals surface area (Å²) >= 11 is 1.28. The first-order valence-electron chi connectivity index (χ1n) is 3.79. The van der Waals surface area contributed by atoms with Crippen LogP contribution in [0.25, 0.3) is 5.78 Å². The van der Waals surface area contributed by atoms with Crippen LogP contribution >= 0.6 is 11.8 Å². The van der Waals surface area contributed by atoms with Crippen molar-refractivity contribution < 1.29 is 4.92 Å². The Hall–Kier alpha value is -1.90. The molecule has 2 aromatic rings. The molecule has 8 nitrogen and oxygen atoms in total. The van der Waals surface area contributed by atoms with Crippen LogP contribution in [0.15, 0.2) is 16.1 Å². The van der Waals surface area contributed by atoms with Crippen molar-refractivity contribution in [2.24, 2.45) is 0 Å². The fraction of sp³-hybridized carbons (Fsp3) is 0.167. The summed E-state index contributed by atoms with van der Waals surface area (Å²) in [5.74, 6) is 0.120. The normalized spacial score (nSPS) is 10.7. The molecule has 0 fully saturated rings. The number of thioether (sulfide) groups is 1. The van der Waals surface area contributed by atoms with Crippen LogP contribution < -0.4 is 5.56 Å². The number of hydrogen-bond donors (Lipinski definition) is 1. The second-order valence-corrected chi connectivity index (χ2v) is 3.37. The Morgan fingerprint density at radius 1 is 1.67 bits per heavy atom. The van der Waals surface area contributed by atoms with Gasteiger partial charge in [0.05, 0.1) is 4.92 Å². The van der Waals surface area contributed by atoms with Gasteiger partial charge in [0.2, 0.25) is 0 Å². The Morgan fingerprint density at radius 3 is 3.00 bits per heavy atom. The third-order valence-electron chi connectivity index (χ3n) is 1.72. The van der Waals surface area contributed by atoms with E-state index < -0.39 is 16.2 Å². The molecule has 1 N–H and O–H groups in total. The third kappa shape index (κ3) is 1.46. The minimum Gasteiger partial charge on any atom is -0.266 e. The molecule has 0 aliphatic carbocycles. The number of nitrogens with one attached hydrogen (secondary N) is 1. The van der Waals surface area contributed by atoms with Gasteiger partial charge in [0, 0.05) is 0 Å². The van der Waals surface area contributed by atoms with Crippen LogP contribution in [0.3, 0.4) is 0 Å². The number of rotatable bonds is 2. The van der Waals surface area contributed by atoms with E-state index in [0.717, 1.165) is 10.7 Å². The standard InChI is InChI=1S/C6H5N5O3S/c1-15-6-8-5-7-2-3(11(13)14)4(12)10(5)9-6/h2H,1H3,(H,7,8,9). The zero-order chi connectivity index (χ0) is 11.0. The summed E-state index contributed by atoms with van der Waals surface area (Å²) in [5, 5.41) is 13.5. The molecule has 2 aromatic heterocycles. The summed E-state index contributed by atoms with van der Waals surface area (Å²) in [6, 6.07) is 0. The second-order valence-electron chi connectivity index (χ2n) is 2.57. The van der Waals surface area contributed by atoms with E-state index in [2.05, 4.69) is 15.1 Å². The molecule has 0 aliphatic heterocycles. The molecule has 0 aliphatic rings. The molecule has 0 amide bonds. The van der Waals surface area contributed by atoms with E-state index in [1.165, 1.54) is 11.8 Å². The van der Waals surface area contributed by atoms with Crippen molar-refractivity contribution in [1.82, 2.24) is 19.6 Å². The predicted octanol–water partition coefficient (Wildman–Crippen LogP) is 0.0477. The highest BCUT2D eigenvalue weighted by molar-refractivity contribution is 7.98. The number of H-pyrrole nitrogens is 1. The summed E-state index contributed by atoms with van der Waals surface area (Å²) in [6.45, 7) is 0. The van der Waals surface area contributed by atoms with Gasteiger partial charge in [-0.2, -0.15) is 9.50 Å². The Morgan fingerprint density at radius 2 is 2.40 bits per heavy atom. The average molecular weight is 227 g/mol. The van der Waals surface area contributed by atoms with Crippen molar-refractivity contribution in [2.45, 2.75) is 5.16 Å². The van der Waals surface area contributed by atoms with Gasteiger partial charge >= 0.3 is 11.2 Å². The van der Waals surface area contributed by atoms with E-state index in [0.29, 0.717) is 5.16 Å². The highest BCUT2D eigenvalue weighted by atomic mass is 32.2. The molecule has 0 bridgehead atoms. The van der Waals surface area contributed by atoms with Gasteiger partial charge in [-0.05, 0) is 6.26 Å². The summed E-state index contributed by atoms with van der Waals surface area (Å²) in [6.07, 6.45) is 2.67. The first-order valence-corrected chi connectivity index (χ1v) is 5.02. The summed E-state index contributed by atoms with van der Waals surface area (Å²) in [4.78, 5) is 28.8. The number of fused-ring (bicyclic) bond motifs is 1. The molecular weight excluding hydrogens is 222 g/mol. The molecule has 0 aromatic carbocycles. The lowest BCUT2D eigenvalue weighted by Crippen LogP contribution is -2.18. The topological polar surface area (TPSA) is 106 Å². The quantitative estimate of drug-likeness (QED) is 0.441. The number of hydrogen-bond acceptors (Lipinski definition) is 6. The summed E-state index contributed by atoms with van der Waals surface area (Å²) in [5.41, 5.74) is -1.35. The first kappa shape index (κ1) is 9.65. The van der Waals surface area contributed by atoms with E-state index in [1.807, 2.05) is 0 Å². The van der Waals surface area contributed by atoms with Gasteiger partial charge < -0.3 is 0 Å². The molecule has 2 heterocycles. The third-order valence-corrected chi connectivity index (χ3v) is 2.29. The highest BCUT2D eigenvalue weighted by Crippen LogP contribution is 2.09. The number of nitrogens with zero attached hydrogens (tertiary/aromatic N) is 4. The summed E-state index contributed by atoms with van der Waals surface area (Å²) in [7, 11) is 0. The van der Waals surface area contributed by atoms with Crippen LogP contribution in [0.2, 0.25) is 0 Å². The van der Waals surface area contributed by atoms with Gasteiger partial charge in [0.1, 0.15) is 6.20 Å². The molecule has 0 saturated heterocycles. The van der Waals surface area contributed by atoms with Crippen LogP contribution in [0, 0.1) is 10.1 Å². The molecular formula is C6H5N5O3S. The van der Waals surface area contributed by atoms with E-state index in [9.17, 15) is 14.9 Å². The maximum atomic E-state index is 11.5. The second kappa shape index (κ2) is 3.35. The fourth-order valence-electron chi connectivity index (χ4n) is 1.04. The minimum atomic E-state index is -0.776. The first-order chi connectivity index (χ1) is 7.13. The number of nitro groups is 1. The van der Waals surface area contributed by atoms with E-state index >= 15 is 0 Å². The Bertz CT molecular complexity index is 588. The Kier molecular flexibility index (Phi) is 2.15. The Balaban J connectivity index is 2.78. The van der Waals surface area contributed by atoms with Gasteiger partial charge in [-0.3, -0.25) is 20.0 Å². The van der Waals surface area contributed by atoms with Gasteiger partial charge in [-0.1, -0.05) is 11.8 Å². The van der Waals surface area contributed by atoms with Crippen LogP contribution in [0.1, 0.15) is 0 Å². The lowest BCUT2D eigenvalue weighted by Gasteiger charge is -1.90. The molecule has 15 heavy (non-hydrogen) atoms. The fourth-order valence-corrected chi connectivity index (χ4v) is 1.40. The van der Waals surface area contributed by atoms with Crippen LogP contribution in [-0.2, 0) is 0 Å². The SMILES string of the molecule is CSc1nc2ncc([N+](=O)[O-])c(=O)n2[nH]1. The van der Waals surface area contributed by atoms with Crippen LogP contribution in [0.4, 0.5) is 5.69 Å². The monoisotopic (exact) mass is 227 g/mol. The lowest BCUT2D eigenvalue weighted by molar-refractivity contribution is -0.386. The molecule has 0 unspecified atom stereocenters. The van der Waals surface area contributed by atoms with Crippen molar-refractivity contribution >= 4 is 23.2 Å². The average Bonchev–Trinajstić information content (AvgIpc) is 2.61. The van der Waals surface area contributed by atoms with Gasteiger partial charge in [0.25, 0.3) is 5.78 Å². The van der Waals surface area contributed by atoms with E-state index in [4.69, 9.17) is 0 Å². The molecule has 78 valence electrons. The molecule has 2 rings (SSSR count). The van der Waals surface area contributed by atoms with Gasteiger partial charge in [0.15, 0.2) is 5.16 Å². The van der Waals surface area contributed by atoms with Crippen LogP contribution in [-0.4, -0.2) is 30.8 Å². The number of aromatic nitrogens is 4. The lowest BCUT2D eigenvalue weighted by atomic mass is 10.5. The Labute approximate surface area is 86.5 Å². The van der Waals surface area contributed by atoms with Crippen molar-refractivity contribution in [3.63, 3.8) is 0 Å². The summed E-state index contributed by atoms with van der Waals surface area (Å²) < 4.78 is 0.948. The van der Waals surface area contributed by atoms with E-state index in [-0.39, 0.29) is 5.78 Å². The minimum absolute atomic E-state index is 0.120. The molecule has 0 saturated carbocycles. The zero-order valence-corrected chi connectivity index (χ0v) is 8.32. The molecule has 0 radical (unpaired) electrons. The maximum Gasteiger partial charge on any atom is 0.354 e. The molecule has 9 heteroatoms. The maximum absolute atomic E-state index is 11.5. The van der Waals surface area contributed by atoms with Gasteiger partial charge in [-0.15, -0.1) is 0 Å². The zero-order valence-electron chi connectivity index (χ0n) is 7.50. The van der Waals surface area contributed by atoms with Crippen LogP contribution in [0.5, 0.6) is 0 Å². The van der Waals surface area contributed by atoms with Crippen molar-refractivity contribution in [3.05, 3.63) is 26.7 Å². The van der Waals surface area contributed by atoms with Crippen molar-refractivity contribution in [3.8, 4) is 0 Å². The predicted molar refractivity (Wildman–Crippen MR) is 52.0 cm³/mol. The largest absolute Gasteiger partial charge is 0.354 e. The highest BCUT2D eigenvalue weighted by Gasteiger charge is 2.16. The van der Waals surface area contributed by atoms with Gasteiger partial charge in [-0.25, -0.2) is 4.98 Å². The smallest absolute Gasteiger partial charge is 0.266 e. The molecule has 0 spiro atoms. The van der Waals surface area contributed by atoms with Crippen molar-refractivity contribution in [2.75, 3.05) is 6.26 Å². The number of aromatic amines is 1. The molecule has 0 atom stereocenters.